The number of rotatable bonds is 62. The first-order valence-electron chi connectivity index (χ1n) is 34.4. The van der Waals surface area contributed by atoms with E-state index in [1.54, 1.807) is 0 Å². The van der Waals surface area contributed by atoms with E-state index in [4.69, 9.17) is 14.2 Å². The minimum absolute atomic E-state index is 0.102. The summed E-state index contributed by atoms with van der Waals surface area (Å²) in [6, 6.07) is 0. The van der Waals surface area contributed by atoms with Gasteiger partial charge in [0.25, 0.3) is 0 Å². The molecule has 0 radical (unpaired) electrons. The van der Waals surface area contributed by atoms with E-state index in [0.717, 1.165) is 83.5 Å². The van der Waals surface area contributed by atoms with Crippen LogP contribution in [-0.4, -0.2) is 37.2 Å². The van der Waals surface area contributed by atoms with Crippen LogP contribution in [0, 0.1) is 0 Å². The Morgan fingerprint density at radius 1 is 0.259 bits per heavy atom. The molecule has 0 bridgehead atoms. The van der Waals surface area contributed by atoms with Gasteiger partial charge in [-0.25, -0.2) is 0 Å². The zero-order valence-corrected chi connectivity index (χ0v) is 53.3. The second-order valence-corrected chi connectivity index (χ2v) is 22.7. The molecular weight excluding hydrogens is 997 g/mol. The van der Waals surface area contributed by atoms with Gasteiger partial charge >= 0.3 is 17.9 Å². The topological polar surface area (TPSA) is 78.9 Å². The Labute approximate surface area is 501 Å². The van der Waals surface area contributed by atoms with Gasteiger partial charge in [-0.15, -0.1) is 0 Å². The maximum absolute atomic E-state index is 12.9. The lowest BCUT2D eigenvalue weighted by Gasteiger charge is -2.18. The van der Waals surface area contributed by atoms with Crippen LogP contribution in [0.15, 0.2) is 109 Å². The van der Waals surface area contributed by atoms with Crippen LogP contribution in [0.4, 0.5) is 0 Å². The molecule has 0 heterocycles. The summed E-state index contributed by atoms with van der Waals surface area (Å²) in [7, 11) is 0. The highest BCUT2D eigenvalue weighted by atomic mass is 16.6. The van der Waals surface area contributed by atoms with Gasteiger partial charge in [-0.1, -0.05) is 304 Å². The van der Waals surface area contributed by atoms with E-state index >= 15 is 0 Å². The first-order valence-corrected chi connectivity index (χ1v) is 34.4. The van der Waals surface area contributed by atoms with E-state index in [1.807, 2.05) is 6.08 Å². The Bertz CT molecular complexity index is 1620. The summed E-state index contributed by atoms with van der Waals surface area (Å²) in [4.78, 5) is 38.3. The number of carbonyl (C=O) groups is 3. The fourth-order valence-corrected chi connectivity index (χ4v) is 9.61. The van der Waals surface area contributed by atoms with Crippen LogP contribution in [0.3, 0.4) is 0 Å². The van der Waals surface area contributed by atoms with Crippen molar-refractivity contribution < 1.29 is 28.6 Å². The Morgan fingerprint density at radius 3 is 0.827 bits per heavy atom. The van der Waals surface area contributed by atoms with Crippen molar-refractivity contribution in [3.8, 4) is 0 Å². The average Bonchev–Trinajstić information content (AvgIpc) is 3.46. The largest absolute Gasteiger partial charge is 0.462 e. The van der Waals surface area contributed by atoms with Crippen molar-refractivity contribution in [1.29, 1.82) is 0 Å². The molecule has 0 rings (SSSR count). The second-order valence-electron chi connectivity index (χ2n) is 22.7. The summed E-state index contributed by atoms with van der Waals surface area (Å²) in [5.41, 5.74) is 0. The molecule has 464 valence electrons. The van der Waals surface area contributed by atoms with Crippen molar-refractivity contribution in [2.45, 2.75) is 335 Å². The lowest BCUT2D eigenvalue weighted by molar-refractivity contribution is -0.166. The average molecular weight is 1130 g/mol. The molecule has 0 N–H and O–H groups in total. The van der Waals surface area contributed by atoms with E-state index in [9.17, 15) is 14.4 Å². The Balaban J connectivity index is 4.30. The first-order chi connectivity index (χ1) is 40.0. The fraction of sp³-hybridized carbons (Fsp3) is 0.720. The molecule has 0 fully saturated rings. The molecular formula is C75H128O6. The van der Waals surface area contributed by atoms with E-state index in [-0.39, 0.29) is 37.5 Å². The van der Waals surface area contributed by atoms with E-state index in [2.05, 4.69) is 124 Å². The molecule has 0 aromatic heterocycles. The molecule has 0 aliphatic rings. The lowest BCUT2D eigenvalue weighted by atomic mass is 10.0. The third kappa shape index (κ3) is 66.8. The predicted molar refractivity (Wildman–Crippen MR) is 353 cm³/mol. The van der Waals surface area contributed by atoms with Gasteiger partial charge in [0.1, 0.15) is 13.2 Å². The van der Waals surface area contributed by atoms with Crippen molar-refractivity contribution in [1.82, 2.24) is 0 Å². The van der Waals surface area contributed by atoms with Crippen LogP contribution < -0.4 is 0 Å². The highest BCUT2D eigenvalue weighted by molar-refractivity contribution is 5.71. The summed E-state index contributed by atoms with van der Waals surface area (Å²) >= 11 is 0. The predicted octanol–water partition coefficient (Wildman–Crippen LogP) is 23.8. The molecule has 0 saturated carbocycles. The van der Waals surface area contributed by atoms with Gasteiger partial charge in [0.15, 0.2) is 6.10 Å². The molecule has 6 heteroatoms. The fourth-order valence-electron chi connectivity index (χ4n) is 9.61. The Kier molecular flexibility index (Phi) is 65.2. The smallest absolute Gasteiger partial charge is 0.306 e. The molecule has 0 aliphatic heterocycles. The van der Waals surface area contributed by atoms with Gasteiger partial charge in [-0.3, -0.25) is 14.4 Å². The molecule has 6 nitrogen and oxygen atoms in total. The molecule has 81 heavy (non-hydrogen) atoms. The summed E-state index contributed by atoms with van der Waals surface area (Å²) in [5.74, 6) is -0.982. The molecule has 1 atom stereocenters. The number of ether oxygens (including phenoxy) is 3. The van der Waals surface area contributed by atoms with E-state index in [0.29, 0.717) is 19.3 Å². The summed E-state index contributed by atoms with van der Waals surface area (Å²) in [6.07, 6.45) is 94.2. The normalized spacial score (nSPS) is 12.8. The van der Waals surface area contributed by atoms with Crippen LogP contribution in [-0.2, 0) is 28.6 Å². The number of esters is 3. The number of unbranched alkanes of at least 4 members (excludes halogenated alkanes) is 33. The van der Waals surface area contributed by atoms with Crippen molar-refractivity contribution >= 4 is 17.9 Å². The number of allylic oxidation sites excluding steroid dienone is 18. The summed E-state index contributed by atoms with van der Waals surface area (Å²) < 4.78 is 16.9. The second kappa shape index (κ2) is 68.6. The molecule has 0 amide bonds. The molecule has 0 spiro atoms. The number of hydrogen-bond acceptors (Lipinski definition) is 6. The summed E-state index contributed by atoms with van der Waals surface area (Å²) in [6.45, 7) is 6.46. The van der Waals surface area contributed by atoms with Gasteiger partial charge in [-0.2, -0.15) is 0 Å². The zero-order chi connectivity index (χ0) is 58.5. The van der Waals surface area contributed by atoms with Gasteiger partial charge in [-0.05, 0) is 116 Å². The van der Waals surface area contributed by atoms with Crippen LogP contribution in [0.1, 0.15) is 329 Å². The third-order valence-corrected chi connectivity index (χ3v) is 14.7. The molecule has 1 unspecified atom stereocenters. The number of carbonyl (C=O) groups excluding carboxylic acids is 3. The van der Waals surface area contributed by atoms with Gasteiger partial charge in [0.05, 0.1) is 0 Å². The Hall–Kier alpha value is -3.93. The van der Waals surface area contributed by atoms with E-state index in [1.165, 1.54) is 199 Å². The van der Waals surface area contributed by atoms with Crippen molar-refractivity contribution in [3.63, 3.8) is 0 Å². The quantitative estimate of drug-likeness (QED) is 0.0261. The van der Waals surface area contributed by atoms with E-state index < -0.39 is 6.10 Å². The van der Waals surface area contributed by atoms with Gasteiger partial charge < -0.3 is 14.2 Å². The minimum Gasteiger partial charge on any atom is -0.462 e. The Morgan fingerprint density at radius 2 is 0.506 bits per heavy atom. The molecule has 0 aromatic carbocycles. The first kappa shape index (κ1) is 77.1. The maximum atomic E-state index is 12.9. The van der Waals surface area contributed by atoms with Crippen LogP contribution >= 0.6 is 0 Å². The van der Waals surface area contributed by atoms with Crippen LogP contribution in [0.5, 0.6) is 0 Å². The molecule has 0 aliphatic carbocycles. The highest BCUT2D eigenvalue weighted by Crippen LogP contribution is 2.16. The van der Waals surface area contributed by atoms with Crippen molar-refractivity contribution in [2.75, 3.05) is 13.2 Å². The maximum Gasteiger partial charge on any atom is 0.306 e. The van der Waals surface area contributed by atoms with Crippen LogP contribution in [0.25, 0.3) is 0 Å². The SMILES string of the molecule is CC/C=C\C/C=C\C/C=C\C/C=C\CCC(=O)OCC(COC(=O)CCCCCCCCCCCCCCCC/C=C\C/C=C\C/C=C\CCCCCCC)OC(=O)CCCCCCCCCCC/C=C\C/C=C\CCCCCCC. The van der Waals surface area contributed by atoms with Gasteiger partial charge in [0.2, 0.25) is 0 Å². The van der Waals surface area contributed by atoms with Gasteiger partial charge in [0, 0.05) is 19.3 Å². The van der Waals surface area contributed by atoms with Crippen molar-refractivity contribution in [2.24, 2.45) is 0 Å². The summed E-state index contributed by atoms with van der Waals surface area (Å²) in [5, 5.41) is 0. The monoisotopic (exact) mass is 1120 g/mol. The third-order valence-electron chi connectivity index (χ3n) is 14.7. The minimum atomic E-state index is -0.812. The highest BCUT2D eigenvalue weighted by Gasteiger charge is 2.19. The number of hydrogen-bond donors (Lipinski definition) is 0. The van der Waals surface area contributed by atoms with Crippen LogP contribution in [0.2, 0.25) is 0 Å². The van der Waals surface area contributed by atoms with Crippen molar-refractivity contribution in [3.05, 3.63) is 109 Å². The molecule has 0 saturated heterocycles. The molecule has 0 aromatic rings. The lowest BCUT2D eigenvalue weighted by Crippen LogP contribution is -2.30. The zero-order valence-electron chi connectivity index (χ0n) is 53.3. The standard InChI is InChI=1S/C75H128O6/c1-4-7-10-13-16-19-22-25-27-29-31-33-34-35-36-37-38-39-40-42-43-45-47-50-53-56-59-62-65-68-74(77)80-71-72(70-79-73(76)67-64-61-58-55-52-49-24-21-18-15-12-9-6-3)81-75(78)69-66-63-60-57-54-51-48-46-44-41-32-30-28-26-23-20-17-14-11-8-5-2/h9,12,18,21-23,25-26,29-32,34-35,49,52,58,61,72H,4-8,10-11,13-17,19-20,24,27-28,33,36-48,50-51,53-57,59-60,62-71H2,1-3H3/b12-9-,21-18-,25-22-,26-23-,31-29-,32-30-,35-34-,52-49-,61-58-.